The Morgan fingerprint density at radius 3 is 2.42 bits per heavy atom. The van der Waals surface area contributed by atoms with Crippen LogP contribution in [0.15, 0.2) is 48.6 Å². The molecule has 1 aromatic carbocycles. The molecule has 0 nitrogen and oxygen atoms in total. The third kappa shape index (κ3) is 1.20. The summed E-state index contributed by atoms with van der Waals surface area (Å²) in [4.78, 5) is 0. The molecule has 1 aliphatic carbocycles. The molecule has 0 saturated carbocycles. The molecular formula is C12H12. The average Bonchev–Trinajstić information content (AvgIpc) is 2.53. The lowest BCUT2D eigenvalue weighted by atomic mass is 9.97. The largest absolute Gasteiger partial charge is 0.0773 e. The molecule has 1 aromatic rings. The summed E-state index contributed by atoms with van der Waals surface area (Å²) in [7, 11) is 0. The zero-order valence-electron chi connectivity index (χ0n) is 7.20. The number of benzene rings is 1. The molecule has 1 atom stereocenters. The molecule has 0 heteroatoms. The number of rotatable bonds is 1. The van der Waals surface area contributed by atoms with Crippen LogP contribution >= 0.6 is 0 Å². The SMILES string of the molecule is CC1C=CC=C1c1ccccc1. The highest BCUT2D eigenvalue weighted by atomic mass is 14.1. The maximum Gasteiger partial charge on any atom is -0.000139 e. The van der Waals surface area contributed by atoms with Crippen molar-refractivity contribution in [3.05, 3.63) is 54.1 Å². The van der Waals surface area contributed by atoms with Crippen molar-refractivity contribution in [3.8, 4) is 0 Å². The number of hydrogen-bond acceptors (Lipinski definition) is 0. The Morgan fingerprint density at radius 2 is 1.83 bits per heavy atom. The molecule has 0 fully saturated rings. The van der Waals surface area contributed by atoms with E-state index in [0.717, 1.165) is 0 Å². The monoisotopic (exact) mass is 156 g/mol. The van der Waals surface area contributed by atoms with Gasteiger partial charge < -0.3 is 0 Å². The quantitative estimate of drug-likeness (QED) is 0.585. The standard InChI is InChI=1S/C12H12/c1-10-6-5-9-12(10)11-7-3-2-4-8-11/h2-10H,1H3. The van der Waals surface area contributed by atoms with E-state index in [4.69, 9.17) is 0 Å². The Kier molecular flexibility index (Phi) is 1.83. The normalized spacial score (nSPS) is 21.1. The van der Waals surface area contributed by atoms with Gasteiger partial charge in [-0.15, -0.1) is 0 Å². The van der Waals surface area contributed by atoms with Crippen LogP contribution in [-0.2, 0) is 0 Å². The highest BCUT2D eigenvalue weighted by Gasteiger charge is 2.09. The maximum absolute atomic E-state index is 2.22. The molecule has 0 radical (unpaired) electrons. The van der Waals surface area contributed by atoms with Crippen LogP contribution < -0.4 is 0 Å². The second-order valence-corrected chi connectivity index (χ2v) is 3.16. The summed E-state index contributed by atoms with van der Waals surface area (Å²) in [5.41, 5.74) is 2.77. The molecule has 60 valence electrons. The number of hydrogen-bond donors (Lipinski definition) is 0. The maximum atomic E-state index is 2.22. The molecule has 0 aliphatic heterocycles. The van der Waals surface area contributed by atoms with Gasteiger partial charge in [0.2, 0.25) is 0 Å². The van der Waals surface area contributed by atoms with Gasteiger partial charge in [0.25, 0.3) is 0 Å². The lowest BCUT2D eigenvalue weighted by molar-refractivity contribution is 0.981. The van der Waals surface area contributed by atoms with Crippen LogP contribution in [0.3, 0.4) is 0 Å². The molecule has 0 saturated heterocycles. The fourth-order valence-corrected chi connectivity index (χ4v) is 1.57. The third-order valence-electron chi connectivity index (χ3n) is 2.27. The van der Waals surface area contributed by atoms with E-state index in [-0.39, 0.29) is 0 Å². The van der Waals surface area contributed by atoms with Crippen molar-refractivity contribution < 1.29 is 0 Å². The first kappa shape index (κ1) is 7.35. The van der Waals surface area contributed by atoms with E-state index in [1.54, 1.807) is 0 Å². The van der Waals surface area contributed by atoms with Gasteiger partial charge in [0.15, 0.2) is 0 Å². The highest BCUT2D eigenvalue weighted by molar-refractivity contribution is 5.72. The summed E-state index contributed by atoms with van der Waals surface area (Å²) < 4.78 is 0. The van der Waals surface area contributed by atoms with Gasteiger partial charge in [0, 0.05) is 0 Å². The molecule has 0 aromatic heterocycles. The van der Waals surface area contributed by atoms with Crippen LogP contribution in [0.25, 0.3) is 5.57 Å². The van der Waals surface area contributed by atoms with Crippen LogP contribution in [0.4, 0.5) is 0 Å². The van der Waals surface area contributed by atoms with E-state index in [9.17, 15) is 0 Å². The van der Waals surface area contributed by atoms with Gasteiger partial charge in [-0.3, -0.25) is 0 Å². The fourth-order valence-electron chi connectivity index (χ4n) is 1.57. The first-order chi connectivity index (χ1) is 5.88. The molecule has 0 amide bonds. The molecule has 0 N–H and O–H groups in total. The lowest BCUT2D eigenvalue weighted by Gasteiger charge is -2.07. The Balaban J connectivity index is 2.34. The Hall–Kier alpha value is -1.30. The molecule has 0 heterocycles. The Morgan fingerprint density at radius 1 is 1.08 bits per heavy atom. The van der Waals surface area contributed by atoms with Crippen molar-refractivity contribution in [2.75, 3.05) is 0 Å². The van der Waals surface area contributed by atoms with Crippen LogP contribution in [0, 0.1) is 5.92 Å². The molecule has 1 aliphatic rings. The topological polar surface area (TPSA) is 0 Å². The van der Waals surface area contributed by atoms with Gasteiger partial charge in [0.1, 0.15) is 0 Å². The summed E-state index contributed by atoms with van der Waals surface area (Å²) >= 11 is 0. The summed E-state index contributed by atoms with van der Waals surface area (Å²) in [5, 5.41) is 0. The molecule has 0 spiro atoms. The van der Waals surface area contributed by atoms with Crippen molar-refractivity contribution in [1.29, 1.82) is 0 Å². The zero-order valence-corrected chi connectivity index (χ0v) is 7.20. The molecule has 0 bridgehead atoms. The second-order valence-electron chi connectivity index (χ2n) is 3.16. The molecule has 1 unspecified atom stereocenters. The molecule has 2 rings (SSSR count). The first-order valence-corrected chi connectivity index (χ1v) is 4.32. The molecular weight excluding hydrogens is 144 g/mol. The zero-order chi connectivity index (χ0) is 8.39. The summed E-state index contributed by atoms with van der Waals surface area (Å²) in [6.07, 6.45) is 6.55. The van der Waals surface area contributed by atoms with Gasteiger partial charge in [-0.1, -0.05) is 55.5 Å². The van der Waals surface area contributed by atoms with E-state index < -0.39 is 0 Å². The predicted molar refractivity (Wildman–Crippen MR) is 52.7 cm³/mol. The average molecular weight is 156 g/mol. The van der Waals surface area contributed by atoms with Crippen molar-refractivity contribution in [2.45, 2.75) is 6.92 Å². The van der Waals surface area contributed by atoms with E-state index in [1.165, 1.54) is 11.1 Å². The van der Waals surface area contributed by atoms with Crippen molar-refractivity contribution >= 4 is 5.57 Å². The van der Waals surface area contributed by atoms with Crippen LogP contribution in [0.1, 0.15) is 12.5 Å². The minimum atomic E-state index is 0.576. The van der Waals surface area contributed by atoms with Gasteiger partial charge in [0.05, 0.1) is 0 Å². The van der Waals surface area contributed by atoms with E-state index in [1.807, 2.05) is 0 Å². The molecule has 12 heavy (non-hydrogen) atoms. The Labute approximate surface area is 73.2 Å². The summed E-state index contributed by atoms with van der Waals surface area (Å²) in [6.45, 7) is 2.22. The number of allylic oxidation sites excluding steroid dienone is 4. The van der Waals surface area contributed by atoms with Crippen LogP contribution in [0.5, 0.6) is 0 Å². The fraction of sp³-hybridized carbons (Fsp3) is 0.167. The van der Waals surface area contributed by atoms with Crippen LogP contribution in [-0.4, -0.2) is 0 Å². The van der Waals surface area contributed by atoms with E-state index in [2.05, 4.69) is 55.5 Å². The van der Waals surface area contributed by atoms with Crippen LogP contribution in [0.2, 0.25) is 0 Å². The lowest BCUT2D eigenvalue weighted by Crippen LogP contribution is -1.90. The van der Waals surface area contributed by atoms with E-state index in [0.29, 0.717) is 5.92 Å². The minimum absolute atomic E-state index is 0.576. The van der Waals surface area contributed by atoms with Crippen molar-refractivity contribution in [2.24, 2.45) is 5.92 Å². The smallest absolute Gasteiger partial charge is 0.000139 e. The van der Waals surface area contributed by atoms with Gasteiger partial charge in [-0.25, -0.2) is 0 Å². The highest BCUT2D eigenvalue weighted by Crippen LogP contribution is 2.27. The minimum Gasteiger partial charge on any atom is -0.0773 e. The van der Waals surface area contributed by atoms with Crippen molar-refractivity contribution in [3.63, 3.8) is 0 Å². The van der Waals surface area contributed by atoms with Gasteiger partial charge in [-0.05, 0) is 17.1 Å². The predicted octanol–water partition coefficient (Wildman–Crippen LogP) is 3.28. The van der Waals surface area contributed by atoms with E-state index >= 15 is 0 Å². The third-order valence-corrected chi connectivity index (χ3v) is 2.27. The first-order valence-electron chi connectivity index (χ1n) is 4.32. The van der Waals surface area contributed by atoms with Crippen molar-refractivity contribution in [1.82, 2.24) is 0 Å². The summed E-state index contributed by atoms with van der Waals surface area (Å²) in [5.74, 6) is 0.576. The second kappa shape index (κ2) is 2.98. The summed E-state index contributed by atoms with van der Waals surface area (Å²) in [6, 6.07) is 10.5. The Bertz CT molecular complexity index is 317. The van der Waals surface area contributed by atoms with Gasteiger partial charge >= 0.3 is 0 Å². The van der Waals surface area contributed by atoms with Gasteiger partial charge in [-0.2, -0.15) is 0 Å².